The van der Waals surface area contributed by atoms with Crippen LogP contribution in [0, 0.1) is 0 Å². The third-order valence-electron chi connectivity index (χ3n) is 4.33. The van der Waals surface area contributed by atoms with Crippen molar-refractivity contribution in [1.82, 2.24) is 0 Å². The van der Waals surface area contributed by atoms with Crippen LogP contribution in [0.1, 0.15) is 19.4 Å². The van der Waals surface area contributed by atoms with Gasteiger partial charge in [0.1, 0.15) is 5.75 Å². The number of carbonyl (C=O) groups is 3. The molecule has 0 saturated carbocycles. The number of anilines is 1. The van der Waals surface area contributed by atoms with Gasteiger partial charge in [-0.05, 0) is 38.1 Å². The minimum absolute atomic E-state index is 0.00387. The first-order valence-electron chi connectivity index (χ1n) is 7.46. The van der Waals surface area contributed by atoms with Crippen LogP contribution in [0.5, 0.6) is 5.75 Å². The highest BCUT2D eigenvalue weighted by molar-refractivity contribution is 6.16. The molecule has 1 aromatic rings. The maximum absolute atomic E-state index is 12.1. The molecular formula is C18H17NO5. The minimum atomic E-state index is -1.85. The van der Waals surface area contributed by atoms with Gasteiger partial charge in [0.2, 0.25) is 5.60 Å². The van der Waals surface area contributed by atoms with E-state index in [1.165, 1.54) is 20.0 Å². The van der Waals surface area contributed by atoms with E-state index in [4.69, 9.17) is 9.47 Å². The Morgan fingerprint density at radius 3 is 2.58 bits per heavy atom. The smallest absolute Gasteiger partial charge is 0.216 e. The summed E-state index contributed by atoms with van der Waals surface area (Å²) >= 11 is 0. The van der Waals surface area contributed by atoms with Crippen LogP contribution in [-0.4, -0.2) is 36.8 Å². The van der Waals surface area contributed by atoms with Crippen LogP contribution in [0.4, 0.5) is 5.69 Å². The van der Waals surface area contributed by atoms with Crippen molar-refractivity contribution >= 4 is 29.6 Å². The summed E-state index contributed by atoms with van der Waals surface area (Å²) in [5.74, 6) is -0.319. The first kappa shape index (κ1) is 16.1. The molecule has 2 aliphatic rings. The number of rotatable bonds is 4. The van der Waals surface area contributed by atoms with E-state index >= 15 is 0 Å². The Morgan fingerprint density at radius 1 is 1.29 bits per heavy atom. The Kier molecular flexibility index (Phi) is 3.85. The van der Waals surface area contributed by atoms with Gasteiger partial charge < -0.3 is 14.4 Å². The van der Waals surface area contributed by atoms with Crippen molar-refractivity contribution in [3.63, 3.8) is 0 Å². The summed E-state index contributed by atoms with van der Waals surface area (Å²) < 4.78 is 11.0. The summed E-state index contributed by atoms with van der Waals surface area (Å²) in [5.41, 5.74) is -0.176. The summed E-state index contributed by atoms with van der Waals surface area (Å²) in [4.78, 5) is 37.5. The summed E-state index contributed by atoms with van der Waals surface area (Å²) in [6, 6.07) is 5.48. The largest absolute Gasteiger partial charge is 0.497 e. The quantitative estimate of drug-likeness (QED) is 0.621. The van der Waals surface area contributed by atoms with E-state index in [0.29, 0.717) is 12.0 Å². The van der Waals surface area contributed by atoms with E-state index in [1.807, 2.05) is 18.2 Å². The molecule has 6 nitrogen and oxygen atoms in total. The van der Waals surface area contributed by atoms with Crippen LogP contribution >= 0.6 is 0 Å². The normalized spacial score (nSPS) is 20.5. The fourth-order valence-electron chi connectivity index (χ4n) is 3.11. The minimum Gasteiger partial charge on any atom is -0.497 e. The van der Waals surface area contributed by atoms with Crippen molar-refractivity contribution in [1.29, 1.82) is 0 Å². The highest BCUT2D eigenvalue weighted by Crippen LogP contribution is 2.39. The molecule has 0 N–H and O–H groups in total. The van der Waals surface area contributed by atoms with Gasteiger partial charge in [0, 0.05) is 11.8 Å². The summed E-state index contributed by atoms with van der Waals surface area (Å²) in [6.45, 7) is 2.50. The monoisotopic (exact) mass is 327 g/mol. The lowest BCUT2D eigenvalue weighted by Crippen LogP contribution is -2.57. The lowest BCUT2D eigenvalue weighted by molar-refractivity contribution is -0.156. The fourth-order valence-corrected chi connectivity index (χ4v) is 3.11. The highest BCUT2D eigenvalue weighted by Gasteiger charge is 2.51. The Balaban J connectivity index is 2.15. The van der Waals surface area contributed by atoms with E-state index < -0.39 is 23.4 Å². The lowest BCUT2D eigenvalue weighted by atomic mass is 9.85. The topological polar surface area (TPSA) is 72.9 Å². The van der Waals surface area contributed by atoms with Crippen LogP contribution in [0.2, 0.25) is 0 Å². The number of ketones is 2. The standard InChI is InChI=1S/C18H17NO5/c1-11(21)18(12(2)22)14(10-20)9-19-16-6-5-15(23-3)8-13(16)4-7-17(19)24-18/h4-10,17H,1-3H3/t17-/m1/s1. The molecular weight excluding hydrogens is 310 g/mol. The molecule has 0 bridgehead atoms. The molecule has 0 saturated heterocycles. The summed E-state index contributed by atoms with van der Waals surface area (Å²) in [7, 11) is 1.58. The van der Waals surface area contributed by atoms with Crippen LogP contribution in [0.15, 0.2) is 36.0 Å². The molecule has 24 heavy (non-hydrogen) atoms. The molecule has 0 amide bonds. The van der Waals surface area contributed by atoms with Crippen molar-refractivity contribution in [3.05, 3.63) is 41.6 Å². The van der Waals surface area contributed by atoms with Gasteiger partial charge in [0.05, 0.1) is 18.4 Å². The molecule has 1 atom stereocenters. The van der Waals surface area contributed by atoms with Crippen LogP contribution in [-0.2, 0) is 19.1 Å². The molecule has 124 valence electrons. The van der Waals surface area contributed by atoms with E-state index in [2.05, 4.69) is 0 Å². The van der Waals surface area contributed by atoms with Crippen LogP contribution in [0.3, 0.4) is 0 Å². The Labute approximate surface area is 139 Å². The zero-order valence-corrected chi connectivity index (χ0v) is 13.6. The molecule has 0 radical (unpaired) electrons. The van der Waals surface area contributed by atoms with Gasteiger partial charge in [0.15, 0.2) is 24.1 Å². The first-order chi connectivity index (χ1) is 11.4. The molecule has 6 heteroatoms. The molecule has 0 spiro atoms. The number of fused-ring (bicyclic) bond motifs is 3. The molecule has 2 heterocycles. The maximum atomic E-state index is 12.1. The Bertz CT molecular complexity index is 779. The van der Waals surface area contributed by atoms with Gasteiger partial charge in [-0.3, -0.25) is 14.4 Å². The average Bonchev–Trinajstić information content (AvgIpc) is 2.59. The number of Topliss-reactive ketones (excluding diaryl/α,β-unsaturated/α-hetero) is 2. The summed E-state index contributed by atoms with van der Waals surface area (Å²) in [5, 5.41) is 0. The van der Waals surface area contributed by atoms with Crippen molar-refractivity contribution in [3.8, 4) is 5.75 Å². The van der Waals surface area contributed by atoms with Crippen molar-refractivity contribution in [2.24, 2.45) is 0 Å². The Hall–Kier alpha value is -2.73. The van der Waals surface area contributed by atoms with E-state index in [9.17, 15) is 14.4 Å². The predicted octanol–water partition coefficient (Wildman–Crippen LogP) is 1.88. The number of hydrogen-bond donors (Lipinski definition) is 0. The third kappa shape index (κ3) is 2.18. The lowest BCUT2D eigenvalue weighted by Gasteiger charge is -2.43. The van der Waals surface area contributed by atoms with E-state index in [1.54, 1.807) is 24.2 Å². The van der Waals surface area contributed by atoms with Crippen molar-refractivity contribution in [2.75, 3.05) is 12.0 Å². The van der Waals surface area contributed by atoms with Crippen LogP contribution < -0.4 is 9.64 Å². The second kappa shape index (κ2) is 5.72. The number of carbonyl (C=O) groups excluding carboxylic acids is 3. The predicted molar refractivity (Wildman–Crippen MR) is 87.6 cm³/mol. The SMILES string of the molecule is COc1ccc2c(c1)C=C[C@H]1OC(C(C)=O)(C(C)=O)C(C=O)=CN21. The van der Waals surface area contributed by atoms with Gasteiger partial charge >= 0.3 is 0 Å². The van der Waals surface area contributed by atoms with E-state index in [0.717, 1.165) is 11.3 Å². The zero-order chi connectivity index (χ0) is 17.5. The molecule has 0 fully saturated rings. The van der Waals surface area contributed by atoms with Gasteiger partial charge in [-0.2, -0.15) is 0 Å². The molecule has 0 aliphatic carbocycles. The molecule has 0 aromatic heterocycles. The average molecular weight is 327 g/mol. The highest BCUT2D eigenvalue weighted by atomic mass is 16.5. The van der Waals surface area contributed by atoms with Gasteiger partial charge in [-0.25, -0.2) is 0 Å². The number of aldehydes is 1. The van der Waals surface area contributed by atoms with E-state index in [-0.39, 0.29) is 5.57 Å². The van der Waals surface area contributed by atoms with Gasteiger partial charge in [-0.1, -0.05) is 6.08 Å². The molecule has 1 aromatic carbocycles. The third-order valence-corrected chi connectivity index (χ3v) is 4.33. The zero-order valence-electron chi connectivity index (χ0n) is 13.6. The number of methoxy groups -OCH3 is 1. The second-order valence-electron chi connectivity index (χ2n) is 5.70. The Morgan fingerprint density at radius 2 is 2.00 bits per heavy atom. The first-order valence-corrected chi connectivity index (χ1v) is 7.46. The molecule has 2 aliphatic heterocycles. The van der Waals surface area contributed by atoms with Crippen LogP contribution in [0.25, 0.3) is 6.08 Å². The molecule has 0 unspecified atom stereocenters. The summed E-state index contributed by atoms with van der Waals surface area (Å²) in [6.07, 6.45) is 4.94. The number of hydrogen-bond acceptors (Lipinski definition) is 6. The molecule has 3 rings (SSSR count). The second-order valence-corrected chi connectivity index (χ2v) is 5.70. The number of nitrogens with zero attached hydrogens (tertiary/aromatic N) is 1. The fraction of sp³-hybridized carbons (Fsp3) is 0.278. The number of benzene rings is 1. The number of ether oxygens (including phenoxy) is 2. The van der Waals surface area contributed by atoms with Crippen molar-refractivity contribution in [2.45, 2.75) is 25.7 Å². The van der Waals surface area contributed by atoms with Crippen molar-refractivity contribution < 1.29 is 23.9 Å². The maximum Gasteiger partial charge on any atom is 0.216 e. The van der Waals surface area contributed by atoms with Gasteiger partial charge in [-0.15, -0.1) is 0 Å². The van der Waals surface area contributed by atoms with Gasteiger partial charge in [0.25, 0.3) is 0 Å².